The van der Waals surface area contributed by atoms with E-state index in [1.165, 1.54) is 77.6 Å². The van der Waals surface area contributed by atoms with E-state index < -0.39 is 5.41 Å². The minimum atomic E-state index is -0.504. The highest BCUT2D eigenvalue weighted by molar-refractivity contribution is 6.13. The van der Waals surface area contributed by atoms with Gasteiger partial charge in [-0.15, -0.1) is 0 Å². The molecule has 10 aromatic carbocycles. The molecule has 12 aromatic rings. The second kappa shape index (κ2) is 13.3. The summed E-state index contributed by atoms with van der Waals surface area (Å²) in [5.74, 6) is 0. The van der Waals surface area contributed by atoms with Crippen LogP contribution < -0.4 is 4.90 Å². The van der Waals surface area contributed by atoms with E-state index in [1.54, 1.807) is 0 Å². The van der Waals surface area contributed by atoms with Crippen molar-refractivity contribution in [1.82, 2.24) is 4.57 Å². The van der Waals surface area contributed by atoms with E-state index in [9.17, 15) is 0 Å². The molecule has 0 saturated heterocycles. The molecule has 298 valence electrons. The van der Waals surface area contributed by atoms with Crippen molar-refractivity contribution in [2.24, 2.45) is 0 Å². The zero-order valence-corrected chi connectivity index (χ0v) is 34.7. The first kappa shape index (κ1) is 35.2. The van der Waals surface area contributed by atoms with E-state index in [-0.39, 0.29) is 0 Å². The van der Waals surface area contributed by atoms with Crippen LogP contribution in [0.2, 0.25) is 0 Å². The summed E-state index contributed by atoms with van der Waals surface area (Å²) < 4.78 is 9.17. The average molecular weight is 815 g/mol. The van der Waals surface area contributed by atoms with Crippen LogP contribution in [-0.4, -0.2) is 4.57 Å². The molecule has 0 N–H and O–H groups in total. The zero-order valence-electron chi connectivity index (χ0n) is 34.7. The molecular weight excluding hydrogens is 777 g/mol. The number of fused-ring (bicyclic) bond motifs is 15. The molecule has 0 fully saturated rings. The third-order valence-corrected chi connectivity index (χ3v) is 14.0. The molecule has 1 unspecified atom stereocenters. The Labute approximate surface area is 370 Å². The highest BCUT2D eigenvalue weighted by Gasteiger charge is 2.50. The van der Waals surface area contributed by atoms with E-state index in [0.717, 1.165) is 44.6 Å². The van der Waals surface area contributed by atoms with Gasteiger partial charge in [-0.25, -0.2) is 0 Å². The Morgan fingerprint density at radius 2 is 0.953 bits per heavy atom. The van der Waals surface area contributed by atoms with Gasteiger partial charge >= 0.3 is 0 Å². The van der Waals surface area contributed by atoms with E-state index in [4.69, 9.17) is 4.42 Å². The van der Waals surface area contributed by atoms with Crippen LogP contribution >= 0.6 is 0 Å². The standard InChI is InChI=1S/C61H38N2O/c1-2-14-39(15-3-1)40-28-33-43(34-29-40)62(57-26-13-20-50-48-18-6-11-27-58(48)64-60(50)57)44-35-30-41(31-36-44)42-32-37-46-45-16-4-7-21-51(45)61(54(46)38-42)52-22-8-10-25-56(52)63-55-24-9-5-17-47(55)49-19-12-23-53(61)59(49)63/h1-38H. The summed E-state index contributed by atoms with van der Waals surface area (Å²) in [6.07, 6.45) is 0. The molecule has 0 amide bonds. The number of aromatic nitrogens is 1. The van der Waals surface area contributed by atoms with Crippen LogP contribution in [0.4, 0.5) is 17.1 Å². The predicted molar refractivity (Wildman–Crippen MR) is 264 cm³/mol. The summed E-state index contributed by atoms with van der Waals surface area (Å²) >= 11 is 0. The number of para-hydroxylation sites is 5. The van der Waals surface area contributed by atoms with Gasteiger partial charge in [0.15, 0.2) is 5.58 Å². The lowest BCUT2D eigenvalue weighted by Crippen LogP contribution is -2.33. The summed E-state index contributed by atoms with van der Waals surface area (Å²) in [5.41, 5.74) is 20.7. The molecule has 1 atom stereocenters. The summed E-state index contributed by atoms with van der Waals surface area (Å²) in [5, 5.41) is 4.79. The summed E-state index contributed by atoms with van der Waals surface area (Å²) in [6, 6.07) is 84.4. The lowest BCUT2D eigenvalue weighted by Gasteiger charge is -2.39. The van der Waals surface area contributed by atoms with Gasteiger partial charge in [0, 0.05) is 32.9 Å². The third kappa shape index (κ3) is 4.76. The molecule has 1 spiro atoms. The number of anilines is 3. The van der Waals surface area contributed by atoms with Crippen molar-refractivity contribution in [3.63, 3.8) is 0 Å². The van der Waals surface area contributed by atoms with Gasteiger partial charge in [-0.3, -0.25) is 0 Å². The Balaban J connectivity index is 0.944. The summed E-state index contributed by atoms with van der Waals surface area (Å²) in [4.78, 5) is 2.33. The van der Waals surface area contributed by atoms with Gasteiger partial charge in [0.05, 0.1) is 27.8 Å². The molecule has 14 rings (SSSR count). The molecule has 3 nitrogen and oxygen atoms in total. The smallest absolute Gasteiger partial charge is 0.159 e. The van der Waals surface area contributed by atoms with Crippen LogP contribution in [0.5, 0.6) is 0 Å². The van der Waals surface area contributed by atoms with Crippen LogP contribution in [0, 0.1) is 0 Å². The lowest BCUT2D eigenvalue weighted by molar-refractivity contribution is 0.669. The average Bonchev–Trinajstić information content (AvgIpc) is 4.02. The number of hydrogen-bond donors (Lipinski definition) is 0. The van der Waals surface area contributed by atoms with E-state index in [2.05, 4.69) is 234 Å². The zero-order chi connectivity index (χ0) is 41.9. The maximum atomic E-state index is 6.66. The first-order valence-corrected chi connectivity index (χ1v) is 22.1. The highest BCUT2D eigenvalue weighted by Crippen LogP contribution is 2.61. The molecule has 64 heavy (non-hydrogen) atoms. The van der Waals surface area contributed by atoms with Crippen molar-refractivity contribution in [2.75, 3.05) is 4.90 Å². The maximum Gasteiger partial charge on any atom is 0.159 e. The second-order valence-electron chi connectivity index (χ2n) is 17.2. The van der Waals surface area contributed by atoms with E-state index in [0.29, 0.717) is 0 Å². The SMILES string of the molecule is c1ccc(-c2ccc(N(c3ccc(-c4ccc5c(c4)C4(c6ccccc6-5)c5ccccc5-n5c6ccccc6c6cccc4c65)cc3)c3cccc4c3oc3ccccc34)cc2)cc1. The molecular formula is C61H38N2O. The van der Waals surface area contributed by atoms with E-state index >= 15 is 0 Å². The first-order valence-electron chi connectivity index (χ1n) is 22.1. The van der Waals surface area contributed by atoms with Gasteiger partial charge in [0.2, 0.25) is 0 Å². The maximum absolute atomic E-state index is 6.66. The largest absolute Gasteiger partial charge is 0.454 e. The summed E-state index contributed by atoms with van der Waals surface area (Å²) in [7, 11) is 0. The summed E-state index contributed by atoms with van der Waals surface area (Å²) in [6.45, 7) is 0. The molecule has 2 aliphatic rings. The van der Waals surface area contributed by atoms with Gasteiger partial charge in [-0.1, -0.05) is 176 Å². The van der Waals surface area contributed by atoms with Gasteiger partial charge in [0.1, 0.15) is 5.58 Å². The molecule has 1 aliphatic heterocycles. The number of nitrogens with zero attached hydrogens (tertiary/aromatic N) is 2. The van der Waals surface area contributed by atoms with Crippen molar-refractivity contribution >= 4 is 60.8 Å². The minimum Gasteiger partial charge on any atom is -0.454 e. The first-order chi connectivity index (χ1) is 31.8. The quantitative estimate of drug-likeness (QED) is 0.173. The van der Waals surface area contributed by atoms with Crippen molar-refractivity contribution < 1.29 is 4.42 Å². The van der Waals surface area contributed by atoms with Crippen LogP contribution in [0.3, 0.4) is 0 Å². The van der Waals surface area contributed by atoms with Crippen LogP contribution in [-0.2, 0) is 5.41 Å². The van der Waals surface area contributed by atoms with Gasteiger partial charge in [-0.2, -0.15) is 0 Å². The van der Waals surface area contributed by atoms with Crippen LogP contribution in [0.25, 0.3) is 82.8 Å². The number of benzene rings is 10. The Morgan fingerprint density at radius 3 is 1.78 bits per heavy atom. The fourth-order valence-electron chi connectivity index (χ4n) is 11.3. The van der Waals surface area contributed by atoms with Crippen LogP contribution in [0.15, 0.2) is 235 Å². The number of furan rings is 1. The fraction of sp³-hybridized carbons (Fsp3) is 0.0164. The van der Waals surface area contributed by atoms with Crippen molar-refractivity contribution in [1.29, 1.82) is 0 Å². The Kier molecular flexibility index (Phi) is 7.32. The third-order valence-electron chi connectivity index (χ3n) is 14.0. The molecule has 0 bridgehead atoms. The van der Waals surface area contributed by atoms with Gasteiger partial charge in [-0.05, 0) is 110 Å². The highest BCUT2D eigenvalue weighted by atomic mass is 16.3. The monoisotopic (exact) mass is 814 g/mol. The Morgan fingerprint density at radius 1 is 0.375 bits per heavy atom. The van der Waals surface area contributed by atoms with Crippen molar-refractivity contribution in [3.05, 3.63) is 253 Å². The van der Waals surface area contributed by atoms with Crippen molar-refractivity contribution in [2.45, 2.75) is 5.41 Å². The number of hydrogen-bond acceptors (Lipinski definition) is 2. The topological polar surface area (TPSA) is 21.3 Å². The molecule has 0 radical (unpaired) electrons. The molecule has 1 aliphatic carbocycles. The minimum absolute atomic E-state index is 0.504. The Hall–Kier alpha value is -8.40. The van der Waals surface area contributed by atoms with Gasteiger partial charge < -0.3 is 13.9 Å². The predicted octanol–water partition coefficient (Wildman–Crippen LogP) is 16.2. The van der Waals surface area contributed by atoms with E-state index in [1.807, 2.05) is 6.07 Å². The Bertz CT molecular complexity index is 3840. The van der Waals surface area contributed by atoms with Crippen LogP contribution in [0.1, 0.15) is 22.3 Å². The lowest BCUT2D eigenvalue weighted by atomic mass is 9.65. The molecule has 3 heterocycles. The number of rotatable bonds is 5. The normalized spacial score (nSPS) is 14.6. The molecule has 3 heteroatoms. The van der Waals surface area contributed by atoms with Crippen molar-refractivity contribution in [3.8, 4) is 39.1 Å². The molecule has 2 aromatic heterocycles. The molecule has 0 saturated carbocycles. The second-order valence-corrected chi connectivity index (χ2v) is 17.2. The fourth-order valence-corrected chi connectivity index (χ4v) is 11.3. The van der Waals surface area contributed by atoms with Gasteiger partial charge in [0.25, 0.3) is 0 Å².